The minimum Gasteiger partial charge on any atom is -0.550 e. The number of carboxylic acid groups (broad SMARTS) is 1. The maximum Gasteiger partial charge on any atom is 1.00 e. The molecule has 2 aromatic rings. The number of benzene rings is 1. The molecule has 0 unspecified atom stereocenters. The van der Waals surface area contributed by atoms with Crippen molar-refractivity contribution >= 4 is 16.9 Å². The summed E-state index contributed by atoms with van der Waals surface area (Å²) in [6, 6.07) is 11.2. The summed E-state index contributed by atoms with van der Waals surface area (Å²) >= 11 is 0. The molecule has 1 aromatic carbocycles. The van der Waals surface area contributed by atoms with E-state index in [0.29, 0.717) is 5.69 Å². The first-order valence-corrected chi connectivity index (χ1v) is 4.30. The molecule has 0 aliphatic heterocycles. The zero-order valence-corrected chi connectivity index (χ0v) is 8.43. The van der Waals surface area contributed by atoms with Crippen LogP contribution in [0.1, 0.15) is 5.69 Å². The fourth-order valence-corrected chi connectivity index (χ4v) is 1.35. The minimum atomic E-state index is -1.10. The predicted molar refractivity (Wildman–Crippen MR) is 50.5 cm³/mol. The summed E-state index contributed by atoms with van der Waals surface area (Å²) in [6.45, 7) is 0. The number of carbonyl (C=O) groups excluding carboxylic acids is 1. The first-order chi connectivity index (χ1) is 6.75. The number of rotatable bonds is 2. The zero-order chi connectivity index (χ0) is 9.97. The van der Waals surface area contributed by atoms with Crippen LogP contribution in [0.5, 0.6) is 0 Å². The van der Waals surface area contributed by atoms with Crippen LogP contribution in [-0.4, -0.2) is 11.0 Å². The fourth-order valence-electron chi connectivity index (χ4n) is 1.35. The summed E-state index contributed by atoms with van der Waals surface area (Å²) < 4.78 is 0. The fraction of sp³-hybridized carbons (Fsp3) is 0.0909. The Kier molecular flexibility index (Phi) is 3.90. The van der Waals surface area contributed by atoms with Crippen LogP contribution in [0, 0.1) is 0 Å². The Bertz CT molecular complexity index is 485. The molecular formula is C11H8LiNO2. The van der Waals surface area contributed by atoms with E-state index in [9.17, 15) is 9.90 Å². The number of pyridine rings is 1. The molecule has 0 aliphatic rings. The van der Waals surface area contributed by atoms with Crippen molar-refractivity contribution in [2.45, 2.75) is 6.42 Å². The van der Waals surface area contributed by atoms with Crippen molar-refractivity contribution in [2.24, 2.45) is 0 Å². The number of para-hydroxylation sites is 1. The van der Waals surface area contributed by atoms with E-state index in [1.54, 1.807) is 6.07 Å². The molecule has 0 N–H and O–H groups in total. The van der Waals surface area contributed by atoms with Gasteiger partial charge in [-0.15, -0.1) is 0 Å². The smallest absolute Gasteiger partial charge is 0.550 e. The van der Waals surface area contributed by atoms with Gasteiger partial charge in [-0.05, 0) is 12.1 Å². The largest absolute Gasteiger partial charge is 1.00 e. The summed E-state index contributed by atoms with van der Waals surface area (Å²) in [5.41, 5.74) is 1.34. The number of aliphatic carboxylic acids is 1. The van der Waals surface area contributed by atoms with Crippen LogP contribution in [0.3, 0.4) is 0 Å². The van der Waals surface area contributed by atoms with Gasteiger partial charge < -0.3 is 9.90 Å². The van der Waals surface area contributed by atoms with Crippen LogP contribution in [0.2, 0.25) is 0 Å². The van der Waals surface area contributed by atoms with Gasteiger partial charge in [-0.2, -0.15) is 0 Å². The number of fused-ring (bicyclic) bond motifs is 1. The van der Waals surface area contributed by atoms with Crippen LogP contribution >= 0.6 is 0 Å². The summed E-state index contributed by atoms with van der Waals surface area (Å²) in [4.78, 5) is 14.5. The van der Waals surface area contributed by atoms with Gasteiger partial charge in [0.25, 0.3) is 0 Å². The van der Waals surface area contributed by atoms with Crippen LogP contribution < -0.4 is 24.0 Å². The number of carbonyl (C=O) groups is 1. The second-order valence-electron chi connectivity index (χ2n) is 3.04. The average Bonchev–Trinajstić information content (AvgIpc) is 2.17. The third-order valence-corrected chi connectivity index (χ3v) is 1.98. The molecule has 70 valence electrons. The van der Waals surface area contributed by atoms with Crippen molar-refractivity contribution in [3.63, 3.8) is 0 Å². The molecule has 0 spiro atoms. The van der Waals surface area contributed by atoms with Gasteiger partial charge in [0.2, 0.25) is 0 Å². The molecule has 0 radical (unpaired) electrons. The average molecular weight is 193 g/mol. The van der Waals surface area contributed by atoms with Gasteiger partial charge in [-0.3, -0.25) is 4.98 Å². The third kappa shape index (κ3) is 2.82. The van der Waals surface area contributed by atoms with Crippen molar-refractivity contribution in [3.8, 4) is 0 Å². The Morgan fingerprint density at radius 1 is 1.20 bits per heavy atom. The van der Waals surface area contributed by atoms with Crippen molar-refractivity contribution in [3.05, 3.63) is 42.1 Å². The Morgan fingerprint density at radius 3 is 2.67 bits per heavy atom. The second kappa shape index (κ2) is 4.97. The number of carboxylic acids is 1. The maximum atomic E-state index is 10.4. The van der Waals surface area contributed by atoms with E-state index in [1.165, 1.54) is 0 Å². The summed E-state index contributed by atoms with van der Waals surface area (Å²) in [6.07, 6.45) is -0.134. The second-order valence-corrected chi connectivity index (χ2v) is 3.04. The van der Waals surface area contributed by atoms with Gasteiger partial charge in [0.05, 0.1) is 5.52 Å². The SMILES string of the molecule is O=C([O-])Cc1ccc2ccccc2n1.[Li+]. The molecule has 0 bridgehead atoms. The maximum absolute atomic E-state index is 10.4. The van der Waals surface area contributed by atoms with E-state index in [0.717, 1.165) is 10.9 Å². The standard InChI is InChI=1S/C11H9NO2.Li/c13-11(14)7-9-6-5-8-3-1-2-4-10(8)12-9;/h1-6H,7H2,(H,13,14);/q;+1/p-1. The van der Waals surface area contributed by atoms with E-state index < -0.39 is 5.97 Å². The Labute approximate surface area is 99.3 Å². The monoisotopic (exact) mass is 193 g/mol. The quantitative estimate of drug-likeness (QED) is 0.497. The van der Waals surface area contributed by atoms with Gasteiger partial charge in [0.1, 0.15) is 0 Å². The number of nitrogens with zero attached hydrogens (tertiary/aromatic N) is 1. The predicted octanol–water partition coefficient (Wildman–Crippen LogP) is -2.47. The molecule has 15 heavy (non-hydrogen) atoms. The van der Waals surface area contributed by atoms with Gasteiger partial charge in [0, 0.05) is 23.5 Å². The topological polar surface area (TPSA) is 53.0 Å². The summed E-state index contributed by atoms with van der Waals surface area (Å²) in [7, 11) is 0. The van der Waals surface area contributed by atoms with Crippen LogP contribution in [0.15, 0.2) is 36.4 Å². The van der Waals surface area contributed by atoms with E-state index in [4.69, 9.17) is 0 Å². The summed E-state index contributed by atoms with van der Waals surface area (Å²) in [5, 5.41) is 11.4. The van der Waals surface area contributed by atoms with E-state index in [2.05, 4.69) is 4.98 Å². The van der Waals surface area contributed by atoms with Gasteiger partial charge in [-0.25, -0.2) is 0 Å². The first-order valence-electron chi connectivity index (χ1n) is 4.30. The molecule has 0 fully saturated rings. The molecule has 0 atom stereocenters. The van der Waals surface area contributed by atoms with Gasteiger partial charge in [-0.1, -0.05) is 24.3 Å². The molecule has 2 rings (SSSR count). The van der Waals surface area contributed by atoms with E-state index >= 15 is 0 Å². The Morgan fingerprint density at radius 2 is 1.93 bits per heavy atom. The summed E-state index contributed by atoms with van der Waals surface area (Å²) in [5.74, 6) is -1.10. The molecule has 0 saturated carbocycles. The normalized spacial score (nSPS) is 9.60. The minimum absolute atomic E-state index is 0. The molecule has 0 saturated heterocycles. The number of hydrogen-bond acceptors (Lipinski definition) is 3. The molecule has 1 aromatic heterocycles. The van der Waals surface area contributed by atoms with Crippen LogP contribution in [0.25, 0.3) is 10.9 Å². The Hall–Kier alpha value is -1.30. The van der Waals surface area contributed by atoms with Crippen molar-refractivity contribution in [1.29, 1.82) is 0 Å². The molecule has 0 amide bonds. The van der Waals surface area contributed by atoms with Crippen LogP contribution in [0.4, 0.5) is 0 Å². The first kappa shape index (κ1) is 11.8. The van der Waals surface area contributed by atoms with Crippen molar-refractivity contribution in [2.75, 3.05) is 0 Å². The van der Waals surface area contributed by atoms with Crippen molar-refractivity contribution in [1.82, 2.24) is 4.98 Å². The zero-order valence-electron chi connectivity index (χ0n) is 8.43. The van der Waals surface area contributed by atoms with Gasteiger partial charge in [0.15, 0.2) is 0 Å². The van der Waals surface area contributed by atoms with Crippen LogP contribution in [-0.2, 0) is 11.2 Å². The number of hydrogen-bond donors (Lipinski definition) is 0. The molecule has 4 heteroatoms. The van der Waals surface area contributed by atoms with Crippen molar-refractivity contribution < 1.29 is 28.8 Å². The molecular weight excluding hydrogens is 185 g/mol. The molecule has 1 heterocycles. The molecule has 3 nitrogen and oxygen atoms in total. The number of aromatic nitrogens is 1. The van der Waals surface area contributed by atoms with Gasteiger partial charge >= 0.3 is 18.9 Å². The van der Waals surface area contributed by atoms with E-state index in [1.807, 2.05) is 30.3 Å². The Balaban J connectivity index is 0.00000112. The third-order valence-electron chi connectivity index (χ3n) is 1.98. The molecule has 0 aliphatic carbocycles. The van der Waals surface area contributed by atoms with E-state index in [-0.39, 0.29) is 25.3 Å².